The molecule has 0 spiro atoms. The van der Waals surface area contributed by atoms with Crippen LogP contribution in [0.2, 0.25) is 5.15 Å². The van der Waals surface area contributed by atoms with E-state index in [1.54, 1.807) is 17.0 Å². The lowest BCUT2D eigenvalue weighted by Gasteiger charge is -2.23. The van der Waals surface area contributed by atoms with E-state index in [9.17, 15) is 14.7 Å². The lowest BCUT2D eigenvalue weighted by Crippen LogP contribution is -2.37. The first-order chi connectivity index (χ1) is 9.08. The maximum absolute atomic E-state index is 12.4. The molecular formula is C13H13ClN2O3. The van der Waals surface area contributed by atoms with Gasteiger partial charge in [0.1, 0.15) is 5.15 Å². The van der Waals surface area contributed by atoms with E-state index < -0.39 is 11.9 Å². The molecule has 1 amide bonds. The van der Waals surface area contributed by atoms with E-state index >= 15 is 0 Å². The molecule has 0 radical (unpaired) electrons. The second-order valence-electron chi connectivity index (χ2n) is 5.06. The molecule has 2 aliphatic rings. The summed E-state index contributed by atoms with van der Waals surface area (Å²) >= 11 is 5.70. The molecule has 5 nitrogen and oxygen atoms in total. The maximum atomic E-state index is 12.4. The highest BCUT2D eigenvalue weighted by molar-refractivity contribution is 6.29. The van der Waals surface area contributed by atoms with E-state index in [1.807, 2.05) is 0 Å². The first kappa shape index (κ1) is 12.4. The lowest BCUT2D eigenvalue weighted by molar-refractivity contribution is -0.142. The summed E-state index contributed by atoms with van der Waals surface area (Å²) in [4.78, 5) is 29.2. The van der Waals surface area contributed by atoms with Gasteiger partial charge in [-0.3, -0.25) is 9.59 Å². The van der Waals surface area contributed by atoms with Gasteiger partial charge in [-0.2, -0.15) is 0 Å². The number of carbonyl (C=O) groups is 2. The summed E-state index contributed by atoms with van der Waals surface area (Å²) in [7, 11) is 0. The minimum Gasteiger partial charge on any atom is -0.481 e. The molecule has 19 heavy (non-hydrogen) atoms. The van der Waals surface area contributed by atoms with Crippen LogP contribution in [-0.4, -0.2) is 39.0 Å². The van der Waals surface area contributed by atoms with Crippen LogP contribution in [-0.2, 0) is 4.79 Å². The Morgan fingerprint density at radius 2 is 2.16 bits per heavy atom. The van der Waals surface area contributed by atoms with Crippen LogP contribution in [0.1, 0.15) is 29.6 Å². The van der Waals surface area contributed by atoms with Gasteiger partial charge >= 0.3 is 5.97 Å². The maximum Gasteiger partial charge on any atom is 0.308 e. The Morgan fingerprint density at radius 3 is 2.74 bits per heavy atom. The number of nitrogens with zero attached hydrogens (tertiary/aromatic N) is 2. The molecule has 3 unspecified atom stereocenters. The van der Waals surface area contributed by atoms with Crippen molar-refractivity contribution in [1.29, 1.82) is 0 Å². The molecule has 2 fully saturated rings. The highest BCUT2D eigenvalue weighted by atomic mass is 35.5. The summed E-state index contributed by atoms with van der Waals surface area (Å²) in [6.07, 6.45) is 3.67. The number of amides is 1. The minimum absolute atomic E-state index is 0.0503. The summed E-state index contributed by atoms with van der Waals surface area (Å²) in [6.45, 7) is 0. The number of carbonyl (C=O) groups excluding carboxylic acids is 1. The molecule has 2 bridgehead atoms. The van der Waals surface area contributed by atoms with Crippen molar-refractivity contribution < 1.29 is 14.7 Å². The van der Waals surface area contributed by atoms with Crippen molar-refractivity contribution in [3.05, 3.63) is 29.0 Å². The number of aliphatic carboxylic acids is 1. The zero-order chi connectivity index (χ0) is 13.6. The third-order valence-corrected chi connectivity index (χ3v) is 4.29. The molecule has 2 aliphatic heterocycles. The van der Waals surface area contributed by atoms with Gasteiger partial charge in [-0.1, -0.05) is 11.6 Å². The minimum atomic E-state index is -0.806. The highest BCUT2D eigenvalue weighted by Gasteiger charge is 2.51. The number of carboxylic acid groups (broad SMARTS) is 1. The molecule has 6 heteroatoms. The largest absolute Gasteiger partial charge is 0.481 e. The average molecular weight is 281 g/mol. The SMILES string of the molecule is O=C(O)C1CC2CCC1N2C(=O)c1ccc(Cl)nc1. The summed E-state index contributed by atoms with van der Waals surface area (Å²) < 4.78 is 0. The van der Waals surface area contributed by atoms with Gasteiger partial charge < -0.3 is 10.0 Å². The van der Waals surface area contributed by atoms with Crippen molar-refractivity contribution in [3.63, 3.8) is 0 Å². The molecule has 3 atom stereocenters. The molecule has 2 saturated heterocycles. The van der Waals surface area contributed by atoms with Crippen LogP contribution in [0.5, 0.6) is 0 Å². The van der Waals surface area contributed by atoms with Gasteiger partial charge in [-0.15, -0.1) is 0 Å². The van der Waals surface area contributed by atoms with E-state index in [4.69, 9.17) is 11.6 Å². The fraction of sp³-hybridized carbons (Fsp3) is 0.462. The second-order valence-corrected chi connectivity index (χ2v) is 5.45. The third kappa shape index (κ3) is 1.98. The van der Waals surface area contributed by atoms with E-state index in [2.05, 4.69) is 4.98 Å². The van der Waals surface area contributed by atoms with Gasteiger partial charge in [0.25, 0.3) is 5.91 Å². The standard InChI is InChI=1S/C13H13ClN2O3/c14-11-4-1-7(6-15-11)12(17)16-8-2-3-10(16)9(5-8)13(18)19/h1,4,6,8-10H,2-3,5H2,(H,18,19). The Morgan fingerprint density at radius 1 is 1.37 bits per heavy atom. The monoisotopic (exact) mass is 280 g/mol. The van der Waals surface area contributed by atoms with Gasteiger partial charge in [-0.25, -0.2) is 4.98 Å². The Kier molecular flexibility index (Phi) is 2.93. The summed E-state index contributed by atoms with van der Waals surface area (Å²) in [6, 6.07) is 3.08. The second kappa shape index (κ2) is 4.49. The topological polar surface area (TPSA) is 70.5 Å². The average Bonchev–Trinajstić information content (AvgIpc) is 2.96. The number of hydrogen-bond donors (Lipinski definition) is 1. The zero-order valence-corrected chi connectivity index (χ0v) is 10.9. The number of carboxylic acids is 1. The number of pyridine rings is 1. The van der Waals surface area contributed by atoms with Crippen molar-refractivity contribution in [3.8, 4) is 0 Å². The zero-order valence-electron chi connectivity index (χ0n) is 10.1. The number of aromatic nitrogens is 1. The summed E-state index contributed by atoms with van der Waals surface area (Å²) in [5.74, 6) is -1.37. The molecule has 0 aliphatic carbocycles. The number of fused-ring (bicyclic) bond motifs is 2. The van der Waals surface area contributed by atoms with Crippen LogP contribution in [0.3, 0.4) is 0 Å². The molecule has 1 aromatic heterocycles. The van der Waals surface area contributed by atoms with Crippen LogP contribution in [0.15, 0.2) is 18.3 Å². The fourth-order valence-corrected chi connectivity index (χ4v) is 3.33. The van der Waals surface area contributed by atoms with Crippen molar-refractivity contribution >= 4 is 23.5 Å². The van der Waals surface area contributed by atoms with Gasteiger partial charge in [0.15, 0.2) is 0 Å². The first-order valence-corrected chi connectivity index (χ1v) is 6.62. The normalized spacial score (nSPS) is 28.7. The van der Waals surface area contributed by atoms with E-state index in [0.29, 0.717) is 17.1 Å². The molecule has 1 N–H and O–H groups in total. The van der Waals surface area contributed by atoms with Crippen molar-refractivity contribution in [1.82, 2.24) is 9.88 Å². The smallest absolute Gasteiger partial charge is 0.308 e. The number of hydrogen-bond acceptors (Lipinski definition) is 3. The summed E-state index contributed by atoms with van der Waals surface area (Å²) in [5, 5.41) is 9.51. The quantitative estimate of drug-likeness (QED) is 0.839. The molecule has 0 saturated carbocycles. The van der Waals surface area contributed by atoms with E-state index in [-0.39, 0.29) is 18.0 Å². The van der Waals surface area contributed by atoms with Crippen LogP contribution in [0, 0.1) is 5.92 Å². The molecule has 3 rings (SSSR count). The third-order valence-electron chi connectivity index (χ3n) is 4.06. The Labute approximate surface area is 115 Å². The van der Waals surface area contributed by atoms with Crippen LogP contribution in [0.4, 0.5) is 0 Å². The van der Waals surface area contributed by atoms with Gasteiger partial charge in [0.05, 0.1) is 11.5 Å². The molecular weight excluding hydrogens is 268 g/mol. The Bertz CT molecular complexity index is 531. The molecule has 1 aromatic rings. The first-order valence-electron chi connectivity index (χ1n) is 6.25. The molecule has 0 aromatic carbocycles. The summed E-state index contributed by atoms with van der Waals surface area (Å²) in [5.41, 5.74) is 0.465. The van der Waals surface area contributed by atoms with Gasteiger partial charge in [0.2, 0.25) is 0 Å². The van der Waals surface area contributed by atoms with Crippen LogP contribution >= 0.6 is 11.6 Å². The van der Waals surface area contributed by atoms with Crippen molar-refractivity contribution in [2.24, 2.45) is 5.92 Å². The molecule has 3 heterocycles. The predicted molar refractivity (Wildman–Crippen MR) is 68.0 cm³/mol. The van der Waals surface area contributed by atoms with E-state index in [0.717, 1.165) is 12.8 Å². The predicted octanol–water partition coefficient (Wildman–Crippen LogP) is 1.81. The van der Waals surface area contributed by atoms with Crippen LogP contribution in [0.25, 0.3) is 0 Å². The lowest BCUT2D eigenvalue weighted by atomic mass is 9.89. The highest BCUT2D eigenvalue weighted by Crippen LogP contribution is 2.42. The van der Waals surface area contributed by atoms with Crippen LogP contribution < -0.4 is 0 Å². The van der Waals surface area contributed by atoms with Crippen molar-refractivity contribution in [2.75, 3.05) is 0 Å². The van der Waals surface area contributed by atoms with E-state index in [1.165, 1.54) is 6.20 Å². The van der Waals surface area contributed by atoms with Crippen molar-refractivity contribution in [2.45, 2.75) is 31.3 Å². The number of rotatable bonds is 2. The van der Waals surface area contributed by atoms with Gasteiger partial charge in [0, 0.05) is 18.3 Å². The Hall–Kier alpha value is -1.62. The molecule has 100 valence electrons. The number of halogens is 1. The van der Waals surface area contributed by atoms with Gasteiger partial charge in [-0.05, 0) is 31.4 Å². The Balaban J connectivity index is 1.85. The fourth-order valence-electron chi connectivity index (χ4n) is 3.22.